The predicted octanol–water partition coefficient (Wildman–Crippen LogP) is 1.65. The SMILES string of the molecule is CC(N)c1ccc(N2CCSCC2)nc1. The van der Waals surface area contributed by atoms with E-state index >= 15 is 0 Å². The quantitative estimate of drug-likeness (QED) is 0.828. The Hall–Kier alpha value is -0.740. The van der Waals surface area contributed by atoms with Gasteiger partial charge in [0.05, 0.1) is 0 Å². The molecule has 0 saturated carbocycles. The Labute approximate surface area is 95.1 Å². The van der Waals surface area contributed by atoms with Crippen LogP contribution in [0.2, 0.25) is 0 Å². The van der Waals surface area contributed by atoms with E-state index in [0.29, 0.717) is 0 Å². The van der Waals surface area contributed by atoms with E-state index in [9.17, 15) is 0 Å². The highest BCUT2D eigenvalue weighted by Crippen LogP contribution is 2.18. The Kier molecular flexibility index (Phi) is 3.49. The number of aromatic nitrogens is 1. The van der Waals surface area contributed by atoms with Gasteiger partial charge in [0, 0.05) is 36.8 Å². The second-order valence-electron chi connectivity index (χ2n) is 3.84. The molecule has 15 heavy (non-hydrogen) atoms. The van der Waals surface area contributed by atoms with Crippen LogP contribution in [-0.2, 0) is 0 Å². The fourth-order valence-electron chi connectivity index (χ4n) is 1.65. The molecule has 1 aliphatic rings. The van der Waals surface area contributed by atoms with Gasteiger partial charge < -0.3 is 10.6 Å². The van der Waals surface area contributed by atoms with Crippen molar-refractivity contribution >= 4 is 17.6 Å². The van der Waals surface area contributed by atoms with E-state index in [1.54, 1.807) is 0 Å². The molecule has 0 radical (unpaired) electrons. The van der Waals surface area contributed by atoms with Crippen molar-refractivity contribution in [1.82, 2.24) is 4.98 Å². The Morgan fingerprint density at radius 3 is 2.67 bits per heavy atom. The highest BCUT2D eigenvalue weighted by molar-refractivity contribution is 7.99. The molecule has 1 saturated heterocycles. The lowest BCUT2D eigenvalue weighted by Gasteiger charge is -2.27. The van der Waals surface area contributed by atoms with Crippen molar-refractivity contribution in [1.29, 1.82) is 0 Å². The first-order valence-electron chi connectivity index (χ1n) is 5.31. The van der Waals surface area contributed by atoms with Crippen molar-refractivity contribution in [3.05, 3.63) is 23.9 Å². The summed E-state index contributed by atoms with van der Waals surface area (Å²) in [7, 11) is 0. The van der Waals surface area contributed by atoms with Gasteiger partial charge in [-0.2, -0.15) is 11.8 Å². The molecule has 1 aromatic rings. The van der Waals surface area contributed by atoms with Crippen LogP contribution in [0.5, 0.6) is 0 Å². The van der Waals surface area contributed by atoms with E-state index in [1.165, 1.54) is 11.5 Å². The van der Waals surface area contributed by atoms with E-state index in [-0.39, 0.29) is 6.04 Å². The molecule has 1 aliphatic heterocycles. The number of hydrogen-bond donors (Lipinski definition) is 1. The second kappa shape index (κ2) is 4.86. The van der Waals surface area contributed by atoms with Gasteiger partial charge in [-0.25, -0.2) is 4.98 Å². The van der Waals surface area contributed by atoms with Crippen LogP contribution in [0.1, 0.15) is 18.5 Å². The van der Waals surface area contributed by atoms with Crippen LogP contribution in [0.15, 0.2) is 18.3 Å². The van der Waals surface area contributed by atoms with Crippen LogP contribution in [-0.4, -0.2) is 29.6 Å². The standard InChI is InChI=1S/C11H17N3S/c1-9(12)10-2-3-11(13-8-10)14-4-6-15-7-5-14/h2-3,8-9H,4-7,12H2,1H3. The summed E-state index contributed by atoms with van der Waals surface area (Å²) in [5, 5.41) is 0. The first-order valence-corrected chi connectivity index (χ1v) is 6.47. The number of nitrogens with two attached hydrogens (primary N) is 1. The molecule has 82 valence electrons. The normalized spacial score (nSPS) is 18.9. The van der Waals surface area contributed by atoms with Crippen LogP contribution in [0.4, 0.5) is 5.82 Å². The number of hydrogen-bond acceptors (Lipinski definition) is 4. The zero-order chi connectivity index (χ0) is 10.7. The number of anilines is 1. The maximum atomic E-state index is 5.79. The van der Waals surface area contributed by atoms with E-state index in [0.717, 1.165) is 24.5 Å². The zero-order valence-corrected chi connectivity index (χ0v) is 9.83. The molecule has 3 nitrogen and oxygen atoms in total. The molecule has 1 fully saturated rings. The zero-order valence-electron chi connectivity index (χ0n) is 9.02. The Morgan fingerprint density at radius 1 is 1.40 bits per heavy atom. The number of thioether (sulfide) groups is 1. The Bertz CT molecular complexity index is 304. The molecule has 0 amide bonds. The van der Waals surface area contributed by atoms with Gasteiger partial charge in [0.15, 0.2) is 0 Å². The number of rotatable bonds is 2. The third-order valence-corrected chi connectivity index (χ3v) is 3.57. The first-order chi connectivity index (χ1) is 7.27. The fourth-order valence-corrected chi connectivity index (χ4v) is 2.55. The summed E-state index contributed by atoms with van der Waals surface area (Å²) in [6.45, 7) is 4.19. The van der Waals surface area contributed by atoms with Crippen molar-refractivity contribution in [2.75, 3.05) is 29.5 Å². The van der Waals surface area contributed by atoms with Crippen LogP contribution in [0.25, 0.3) is 0 Å². The molecule has 2 heterocycles. The highest BCUT2D eigenvalue weighted by Gasteiger charge is 2.12. The third-order valence-electron chi connectivity index (χ3n) is 2.63. The van der Waals surface area contributed by atoms with Gasteiger partial charge in [0.2, 0.25) is 0 Å². The van der Waals surface area contributed by atoms with Gasteiger partial charge in [0.25, 0.3) is 0 Å². The summed E-state index contributed by atoms with van der Waals surface area (Å²) in [5.74, 6) is 3.49. The molecule has 0 spiro atoms. The van der Waals surface area contributed by atoms with E-state index in [1.807, 2.05) is 24.9 Å². The Morgan fingerprint density at radius 2 is 2.13 bits per heavy atom. The van der Waals surface area contributed by atoms with Gasteiger partial charge in [-0.15, -0.1) is 0 Å². The number of pyridine rings is 1. The lowest BCUT2D eigenvalue weighted by Crippen LogP contribution is -2.33. The Balaban J connectivity index is 2.08. The van der Waals surface area contributed by atoms with Crippen molar-refractivity contribution in [3.8, 4) is 0 Å². The van der Waals surface area contributed by atoms with Crippen molar-refractivity contribution in [2.24, 2.45) is 5.73 Å². The largest absolute Gasteiger partial charge is 0.355 e. The van der Waals surface area contributed by atoms with Crippen molar-refractivity contribution in [3.63, 3.8) is 0 Å². The predicted molar refractivity (Wildman–Crippen MR) is 66.4 cm³/mol. The van der Waals surface area contributed by atoms with Gasteiger partial charge in [-0.05, 0) is 18.6 Å². The van der Waals surface area contributed by atoms with Crippen molar-refractivity contribution in [2.45, 2.75) is 13.0 Å². The highest BCUT2D eigenvalue weighted by atomic mass is 32.2. The molecule has 1 unspecified atom stereocenters. The van der Waals surface area contributed by atoms with Crippen molar-refractivity contribution < 1.29 is 0 Å². The minimum absolute atomic E-state index is 0.0726. The summed E-state index contributed by atoms with van der Waals surface area (Å²) in [6, 6.07) is 4.23. The molecule has 1 atom stereocenters. The number of nitrogens with zero attached hydrogens (tertiary/aromatic N) is 2. The molecule has 1 aromatic heterocycles. The van der Waals surface area contributed by atoms with Gasteiger partial charge in [-0.1, -0.05) is 6.07 Å². The molecule has 4 heteroatoms. The summed E-state index contributed by atoms with van der Waals surface area (Å²) < 4.78 is 0. The fraction of sp³-hybridized carbons (Fsp3) is 0.545. The van der Waals surface area contributed by atoms with E-state index in [2.05, 4.69) is 22.0 Å². The molecular formula is C11H17N3S. The maximum absolute atomic E-state index is 5.79. The summed E-state index contributed by atoms with van der Waals surface area (Å²) in [5.41, 5.74) is 6.89. The van der Waals surface area contributed by atoms with E-state index < -0.39 is 0 Å². The van der Waals surface area contributed by atoms with E-state index in [4.69, 9.17) is 5.73 Å². The van der Waals surface area contributed by atoms with Crippen LogP contribution >= 0.6 is 11.8 Å². The molecule has 2 N–H and O–H groups in total. The topological polar surface area (TPSA) is 42.1 Å². The maximum Gasteiger partial charge on any atom is 0.128 e. The average Bonchev–Trinajstić information content (AvgIpc) is 2.30. The lowest BCUT2D eigenvalue weighted by atomic mass is 10.1. The molecule has 0 aromatic carbocycles. The second-order valence-corrected chi connectivity index (χ2v) is 5.06. The van der Waals surface area contributed by atoms with Gasteiger partial charge >= 0.3 is 0 Å². The molecule has 0 bridgehead atoms. The van der Waals surface area contributed by atoms with Crippen LogP contribution in [0, 0.1) is 0 Å². The smallest absolute Gasteiger partial charge is 0.128 e. The van der Waals surface area contributed by atoms with Gasteiger partial charge in [0.1, 0.15) is 5.82 Å². The lowest BCUT2D eigenvalue weighted by molar-refractivity contribution is 0.800. The van der Waals surface area contributed by atoms with Crippen LogP contribution < -0.4 is 10.6 Å². The molecular weight excluding hydrogens is 206 g/mol. The average molecular weight is 223 g/mol. The summed E-state index contributed by atoms with van der Waals surface area (Å²) >= 11 is 2.01. The third kappa shape index (κ3) is 2.63. The summed E-state index contributed by atoms with van der Waals surface area (Å²) in [6.07, 6.45) is 1.89. The minimum Gasteiger partial charge on any atom is -0.355 e. The summed E-state index contributed by atoms with van der Waals surface area (Å²) in [4.78, 5) is 6.80. The van der Waals surface area contributed by atoms with Gasteiger partial charge in [-0.3, -0.25) is 0 Å². The molecule has 2 rings (SSSR count). The molecule has 0 aliphatic carbocycles. The van der Waals surface area contributed by atoms with Crippen LogP contribution in [0.3, 0.4) is 0 Å². The monoisotopic (exact) mass is 223 g/mol. The minimum atomic E-state index is 0.0726. The first kappa shape index (κ1) is 10.8.